The summed E-state index contributed by atoms with van der Waals surface area (Å²) in [5, 5.41) is 4.73. The van der Waals surface area contributed by atoms with Gasteiger partial charge in [0.1, 0.15) is 18.2 Å². The Hall–Kier alpha value is -1.44. The minimum Gasteiger partial charge on any atom is -0.465 e. The summed E-state index contributed by atoms with van der Waals surface area (Å²) in [6.45, 7) is 6.78. The maximum absolute atomic E-state index is 11.7. The number of carbonyl (C=O) groups is 3. The lowest BCUT2D eigenvalue weighted by Crippen LogP contribution is -2.50. The fourth-order valence-electron chi connectivity index (χ4n) is 1.14. The minimum absolute atomic E-state index is 0.0773. The molecule has 0 radical (unpaired) electrons. The first-order valence-electron chi connectivity index (χ1n) is 6.23. The van der Waals surface area contributed by atoms with Crippen LogP contribution in [-0.2, 0) is 19.1 Å². The maximum atomic E-state index is 11.7. The molecule has 20 heavy (non-hydrogen) atoms. The molecule has 116 valence electrons. The van der Waals surface area contributed by atoms with Crippen molar-refractivity contribution in [3.05, 3.63) is 0 Å². The highest BCUT2D eigenvalue weighted by atomic mass is 32.1. The molecule has 8 heteroatoms. The van der Waals surface area contributed by atoms with Gasteiger partial charge in [-0.1, -0.05) is 0 Å². The average Bonchev–Trinajstić information content (AvgIpc) is 2.31. The molecule has 0 aliphatic rings. The quantitative estimate of drug-likeness (QED) is 0.490. The first-order valence-corrected chi connectivity index (χ1v) is 6.86. The summed E-state index contributed by atoms with van der Waals surface area (Å²) in [5.41, 5.74) is -0.660. The number of ether oxygens (including phenoxy) is 2. The lowest BCUT2D eigenvalue weighted by molar-refractivity contribution is -0.143. The van der Waals surface area contributed by atoms with E-state index in [4.69, 9.17) is 4.74 Å². The van der Waals surface area contributed by atoms with E-state index in [9.17, 15) is 14.4 Å². The largest absolute Gasteiger partial charge is 0.465 e. The van der Waals surface area contributed by atoms with Crippen LogP contribution in [0.5, 0.6) is 0 Å². The van der Waals surface area contributed by atoms with Gasteiger partial charge >= 0.3 is 12.1 Å². The highest BCUT2D eigenvalue weighted by Crippen LogP contribution is 2.06. The highest BCUT2D eigenvalue weighted by Gasteiger charge is 2.23. The van der Waals surface area contributed by atoms with Crippen LogP contribution < -0.4 is 10.6 Å². The molecule has 0 aromatic heterocycles. The highest BCUT2D eigenvalue weighted by molar-refractivity contribution is 7.80. The van der Waals surface area contributed by atoms with Gasteiger partial charge < -0.3 is 20.1 Å². The normalized spacial score (nSPS) is 12.2. The van der Waals surface area contributed by atoms with Crippen molar-refractivity contribution in [3.8, 4) is 0 Å². The molecule has 0 unspecified atom stereocenters. The van der Waals surface area contributed by atoms with Crippen LogP contribution in [0.25, 0.3) is 0 Å². The van der Waals surface area contributed by atoms with Gasteiger partial charge in [-0.3, -0.25) is 9.59 Å². The van der Waals surface area contributed by atoms with Gasteiger partial charge in [0.15, 0.2) is 0 Å². The van der Waals surface area contributed by atoms with Crippen LogP contribution in [-0.4, -0.2) is 48.5 Å². The van der Waals surface area contributed by atoms with Crippen molar-refractivity contribution in [3.63, 3.8) is 0 Å². The number of carbonyl (C=O) groups excluding carboxylic acids is 3. The van der Waals surface area contributed by atoms with Crippen molar-refractivity contribution >= 4 is 30.6 Å². The Morgan fingerprint density at radius 2 is 1.85 bits per heavy atom. The van der Waals surface area contributed by atoms with E-state index in [2.05, 4.69) is 28.0 Å². The second-order valence-electron chi connectivity index (χ2n) is 4.90. The van der Waals surface area contributed by atoms with Crippen molar-refractivity contribution < 1.29 is 23.9 Å². The smallest absolute Gasteiger partial charge is 0.408 e. The Bertz CT molecular complexity index is 354. The van der Waals surface area contributed by atoms with Gasteiger partial charge in [0.25, 0.3) is 0 Å². The molecule has 7 nitrogen and oxygen atoms in total. The summed E-state index contributed by atoms with van der Waals surface area (Å²) in [7, 11) is 0. The van der Waals surface area contributed by atoms with E-state index >= 15 is 0 Å². The zero-order valence-corrected chi connectivity index (χ0v) is 13.1. The summed E-state index contributed by atoms with van der Waals surface area (Å²) >= 11 is 3.98. The first kappa shape index (κ1) is 18.6. The summed E-state index contributed by atoms with van der Waals surface area (Å²) in [5.74, 6) is -0.997. The first-order chi connectivity index (χ1) is 9.19. The van der Waals surface area contributed by atoms with Gasteiger partial charge in [-0.05, 0) is 27.7 Å². The van der Waals surface area contributed by atoms with E-state index in [1.54, 1.807) is 27.7 Å². The van der Waals surface area contributed by atoms with E-state index in [1.807, 2.05) is 0 Å². The number of hydrogen-bond donors (Lipinski definition) is 3. The van der Waals surface area contributed by atoms with E-state index in [1.165, 1.54) is 0 Å². The molecule has 0 fully saturated rings. The zero-order valence-electron chi connectivity index (χ0n) is 12.2. The van der Waals surface area contributed by atoms with Crippen LogP contribution in [0, 0.1) is 0 Å². The Balaban J connectivity index is 4.28. The third-order valence-electron chi connectivity index (χ3n) is 1.90. The van der Waals surface area contributed by atoms with E-state index in [0.717, 1.165) is 0 Å². The van der Waals surface area contributed by atoms with Gasteiger partial charge in [-0.15, -0.1) is 0 Å². The summed E-state index contributed by atoms with van der Waals surface area (Å²) in [4.78, 5) is 34.4. The summed E-state index contributed by atoms with van der Waals surface area (Å²) in [6.07, 6.45) is -0.720. The molecular weight excluding hydrogens is 284 g/mol. The number of alkyl carbamates (subject to hydrolysis) is 1. The van der Waals surface area contributed by atoms with Crippen LogP contribution in [0.15, 0.2) is 0 Å². The number of amides is 2. The van der Waals surface area contributed by atoms with Gasteiger partial charge in [0.2, 0.25) is 5.91 Å². The standard InChI is InChI=1S/C12H22N2O5S/c1-5-18-9(15)6-13-10(16)8(7-20)14-11(17)19-12(2,3)4/h8,20H,5-7H2,1-4H3,(H,13,16)(H,14,17)/t8-/m0/s1. The lowest BCUT2D eigenvalue weighted by Gasteiger charge is -2.22. The third-order valence-corrected chi connectivity index (χ3v) is 2.27. The molecule has 0 saturated heterocycles. The fraction of sp³-hybridized carbons (Fsp3) is 0.750. The Morgan fingerprint density at radius 1 is 1.25 bits per heavy atom. The molecule has 0 spiro atoms. The molecule has 0 saturated carbocycles. The molecule has 0 heterocycles. The summed E-state index contributed by atoms with van der Waals surface area (Å²) < 4.78 is 9.70. The number of thiol groups is 1. The number of nitrogens with one attached hydrogen (secondary N) is 2. The van der Waals surface area contributed by atoms with Crippen LogP contribution in [0.4, 0.5) is 4.79 Å². The molecule has 2 amide bonds. The van der Waals surface area contributed by atoms with Gasteiger partial charge in [0, 0.05) is 5.75 Å². The molecule has 0 rings (SSSR count). The molecule has 0 bridgehead atoms. The fourth-order valence-corrected chi connectivity index (χ4v) is 1.40. The Labute approximate surface area is 124 Å². The van der Waals surface area contributed by atoms with Crippen molar-refractivity contribution in [1.82, 2.24) is 10.6 Å². The lowest BCUT2D eigenvalue weighted by atomic mass is 10.2. The van der Waals surface area contributed by atoms with Crippen LogP contribution in [0.2, 0.25) is 0 Å². The maximum Gasteiger partial charge on any atom is 0.408 e. The van der Waals surface area contributed by atoms with Crippen molar-refractivity contribution in [1.29, 1.82) is 0 Å². The molecule has 2 N–H and O–H groups in total. The van der Waals surface area contributed by atoms with Crippen LogP contribution in [0.3, 0.4) is 0 Å². The SMILES string of the molecule is CCOC(=O)CNC(=O)[C@H](CS)NC(=O)OC(C)(C)C. The minimum atomic E-state index is -0.886. The van der Waals surface area contributed by atoms with E-state index in [-0.39, 0.29) is 18.9 Å². The van der Waals surface area contributed by atoms with Crippen molar-refractivity contribution in [2.45, 2.75) is 39.3 Å². The van der Waals surface area contributed by atoms with E-state index < -0.39 is 29.6 Å². The molecule has 0 aromatic rings. The van der Waals surface area contributed by atoms with Crippen molar-refractivity contribution in [2.24, 2.45) is 0 Å². The van der Waals surface area contributed by atoms with Crippen molar-refractivity contribution in [2.75, 3.05) is 18.9 Å². The van der Waals surface area contributed by atoms with Gasteiger partial charge in [-0.2, -0.15) is 12.6 Å². The predicted octanol–water partition coefficient (Wildman–Crippen LogP) is 0.489. The van der Waals surface area contributed by atoms with E-state index in [0.29, 0.717) is 0 Å². The molecule has 0 aliphatic heterocycles. The number of hydrogen-bond acceptors (Lipinski definition) is 6. The second kappa shape index (κ2) is 8.68. The monoisotopic (exact) mass is 306 g/mol. The van der Waals surface area contributed by atoms with Gasteiger partial charge in [0.05, 0.1) is 6.61 Å². The number of rotatable bonds is 6. The second-order valence-corrected chi connectivity index (χ2v) is 5.27. The topological polar surface area (TPSA) is 93.7 Å². The predicted molar refractivity (Wildman–Crippen MR) is 76.7 cm³/mol. The Kier molecular flexibility index (Phi) is 8.05. The molecule has 0 aliphatic carbocycles. The third kappa shape index (κ3) is 8.63. The zero-order chi connectivity index (χ0) is 15.8. The molecule has 1 atom stereocenters. The molecular formula is C12H22N2O5S. The average molecular weight is 306 g/mol. The van der Waals surface area contributed by atoms with Crippen LogP contribution in [0.1, 0.15) is 27.7 Å². The van der Waals surface area contributed by atoms with Crippen LogP contribution >= 0.6 is 12.6 Å². The summed E-state index contributed by atoms with van der Waals surface area (Å²) in [6, 6.07) is -0.886. The number of esters is 1. The Morgan fingerprint density at radius 3 is 2.30 bits per heavy atom. The molecule has 0 aromatic carbocycles. The van der Waals surface area contributed by atoms with Gasteiger partial charge in [-0.25, -0.2) is 4.79 Å².